The van der Waals surface area contributed by atoms with E-state index >= 15 is 0 Å². The van der Waals surface area contributed by atoms with Gasteiger partial charge in [0, 0.05) is 30.7 Å². The molecule has 0 saturated carbocycles. The van der Waals surface area contributed by atoms with Gasteiger partial charge in [-0.05, 0) is 6.42 Å². The molecule has 2 heterocycles. The molecule has 1 aliphatic rings. The van der Waals surface area contributed by atoms with Gasteiger partial charge >= 0.3 is 12.1 Å². The molecular formula is C9H10F3N3OS. The molecule has 0 aliphatic carbocycles. The molecule has 0 bridgehead atoms. The summed E-state index contributed by atoms with van der Waals surface area (Å²) in [6, 6.07) is -0.465. The number of carbonyl (C=O) groups is 1. The molecular weight excluding hydrogens is 255 g/mol. The molecule has 17 heavy (non-hydrogen) atoms. The minimum absolute atomic E-state index is 0.370. The second-order valence-electron chi connectivity index (χ2n) is 3.72. The van der Waals surface area contributed by atoms with Crippen molar-refractivity contribution in [2.24, 2.45) is 0 Å². The van der Waals surface area contributed by atoms with Gasteiger partial charge in [-0.3, -0.25) is 4.79 Å². The summed E-state index contributed by atoms with van der Waals surface area (Å²) in [5.74, 6) is -1.87. The molecule has 1 unspecified atom stereocenters. The Kier molecular flexibility index (Phi) is 3.23. The fourth-order valence-corrected chi connectivity index (χ4v) is 2.37. The van der Waals surface area contributed by atoms with Gasteiger partial charge in [0.2, 0.25) is 0 Å². The summed E-state index contributed by atoms with van der Waals surface area (Å²) in [5, 5.41) is 4.56. The maximum atomic E-state index is 12.0. The highest BCUT2D eigenvalue weighted by Gasteiger charge is 2.40. The number of rotatable bonds is 2. The number of amides is 1. The summed E-state index contributed by atoms with van der Waals surface area (Å²) in [6.45, 7) is 0.978. The molecule has 94 valence electrons. The largest absolute Gasteiger partial charge is 0.471 e. The number of carbonyl (C=O) groups excluding carboxylic acids is 1. The molecule has 1 N–H and O–H groups in total. The zero-order valence-corrected chi connectivity index (χ0v) is 9.51. The second-order valence-corrected chi connectivity index (χ2v) is 4.59. The minimum atomic E-state index is -4.81. The van der Waals surface area contributed by atoms with Gasteiger partial charge in [-0.25, -0.2) is 4.98 Å². The van der Waals surface area contributed by atoms with Gasteiger partial charge in [-0.1, -0.05) is 0 Å². The lowest BCUT2D eigenvalue weighted by Crippen LogP contribution is -2.44. The molecule has 1 fully saturated rings. The van der Waals surface area contributed by atoms with Crippen LogP contribution in [-0.4, -0.2) is 36.2 Å². The Morgan fingerprint density at radius 1 is 1.59 bits per heavy atom. The standard InChI is InChI=1S/C9H10F3N3OS/c10-9(11,12)7(16)14-6-1-3-15(5-6)8-13-2-4-17-8/h2,4,6H,1,3,5H2,(H,14,16). The molecule has 0 aromatic carbocycles. The first-order valence-corrected chi connectivity index (χ1v) is 5.87. The van der Waals surface area contributed by atoms with Crippen LogP contribution in [0.2, 0.25) is 0 Å². The Morgan fingerprint density at radius 3 is 2.94 bits per heavy atom. The van der Waals surface area contributed by atoms with E-state index in [-0.39, 0.29) is 0 Å². The number of alkyl halides is 3. The maximum Gasteiger partial charge on any atom is 0.471 e. The summed E-state index contributed by atoms with van der Waals surface area (Å²) < 4.78 is 36.1. The van der Waals surface area contributed by atoms with E-state index in [1.807, 2.05) is 10.2 Å². The van der Waals surface area contributed by atoms with E-state index in [1.165, 1.54) is 11.3 Å². The van der Waals surface area contributed by atoms with Crippen molar-refractivity contribution in [2.75, 3.05) is 18.0 Å². The van der Waals surface area contributed by atoms with E-state index in [0.717, 1.165) is 5.13 Å². The van der Waals surface area contributed by atoms with Crippen molar-refractivity contribution < 1.29 is 18.0 Å². The van der Waals surface area contributed by atoms with Crippen LogP contribution in [0.3, 0.4) is 0 Å². The van der Waals surface area contributed by atoms with E-state index in [4.69, 9.17) is 0 Å². The van der Waals surface area contributed by atoms with E-state index in [2.05, 4.69) is 4.98 Å². The van der Waals surface area contributed by atoms with Crippen LogP contribution in [0.25, 0.3) is 0 Å². The quantitative estimate of drug-likeness (QED) is 0.879. The average molecular weight is 265 g/mol. The van der Waals surface area contributed by atoms with Crippen molar-refractivity contribution in [1.29, 1.82) is 0 Å². The third-order valence-corrected chi connectivity index (χ3v) is 3.30. The van der Waals surface area contributed by atoms with Crippen LogP contribution in [0.4, 0.5) is 18.3 Å². The van der Waals surface area contributed by atoms with Gasteiger partial charge in [-0.2, -0.15) is 13.2 Å². The van der Waals surface area contributed by atoms with Crippen molar-refractivity contribution in [3.63, 3.8) is 0 Å². The van der Waals surface area contributed by atoms with Gasteiger partial charge in [0.15, 0.2) is 5.13 Å². The molecule has 0 radical (unpaired) electrons. The second kappa shape index (κ2) is 4.52. The first kappa shape index (κ1) is 12.2. The predicted octanol–water partition coefficient (Wildman–Crippen LogP) is 1.40. The predicted molar refractivity (Wildman–Crippen MR) is 56.9 cm³/mol. The summed E-state index contributed by atoms with van der Waals surface area (Å²) in [6.07, 6.45) is -2.67. The number of nitrogens with one attached hydrogen (secondary N) is 1. The number of thiazole rings is 1. The fraction of sp³-hybridized carbons (Fsp3) is 0.556. The van der Waals surface area contributed by atoms with Crippen LogP contribution in [0.15, 0.2) is 11.6 Å². The molecule has 8 heteroatoms. The number of nitrogens with zero attached hydrogens (tertiary/aromatic N) is 2. The number of anilines is 1. The number of aromatic nitrogens is 1. The highest BCUT2D eigenvalue weighted by molar-refractivity contribution is 7.13. The normalized spacial score (nSPS) is 20.6. The van der Waals surface area contributed by atoms with Crippen LogP contribution in [0.5, 0.6) is 0 Å². The van der Waals surface area contributed by atoms with Crippen LogP contribution in [0.1, 0.15) is 6.42 Å². The summed E-state index contributed by atoms with van der Waals surface area (Å²) in [4.78, 5) is 16.7. The lowest BCUT2D eigenvalue weighted by atomic mass is 10.2. The number of hydrogen-bond acceptors (Lipinski definition) is 4. The van der Waals surface area contributed by atoms with Gasteiger partial charge < -0.3 is 10.2 Å². The Bertz CT molecular complexity index is 393. The molecule has 0 spiro atoms. The Hall–Kier alpha value is -1.31. The third-order valence-electron chi connectivity index (χ3n) is 2.47. The Balaban J connectivity index is 1.89. The first-order chi connectivity index (χ1) is 7.97. The van der Waals surface area contributed by atoms with E-state index in [0.29, 0.717) is 19.5 Å². The van der Waals surface area contributed by atoms with E-state index in [9.17, 15) is 18.0 Å². The van der Waals surface area contributed by atoms with Crippen molar-refractivity contribution >= 4 is 22.4 Å². The van der Waals surface area contributed by atoms with Gasteiger partial charge in [0.25, 0.3) is 0 Å². The third kappa shape index (κ3) is 2.87. The molecule has 1 amide bonds. The molecule has 1 aromatic rings. The van der Waals surface area contributed by atoms with E-state index < -0.39 is 18.1 Å². The van der Waals surface area contributed by atoms with Crippen LogP contribution in [-0.2, 0) is 4.79 Å². The topological polar surface area (TPSA) is 45.2 Å². The van der Waals surface area contributed by atoms with Gasteiger partial charge in [-0.15, -0.1) is 11.3 Å². The van der Waals surface area contributed by atoms with Gasteiger partial charge in [0.1, 0.15) is 0 Å². The van der Waals surface area contributed by atoms with Crippen LogP contribution < -0.4 is 10.2 Å². The fourth-order valence-electron chi connectivity index (χ4n) is 1.69. The van der Waals surface area contributed by atoms with Crippen molar-refractivity contribution in [3.05, 3.63) is 11.6 Å². The summed E-state index contributed by atoms with van der Waals surface area (Å²) in [7, 11) is 0. The minimum Gasteiger partial charge on any atom is -0.346 e. The lowest BCUT2D eigenvalue weighted by molar-refractivity contribution is -0.174. The number of halogens is 3. The Morgan fingerprint density at radius 2 is 2.35 bits per heavy atom. The maximum absolute atomic E-state index is 12.0. The lowest BCUT2D eigenvalue weighted by Gasteiger charge is -2.16. The van der Waals surface area contributed by atoms with Crippen molar-refractivity contribution in [3.8, 4) is 0 Å². The van der Waals surface area contributed by atoms with Crippen molar-refractivity contribution in [2.45, 2.75) is 18.6 Å². The van der Waals surface area contributed by atoms with Crippen LogP contribution >= 0.6 is 11.3 Å². The highest BCUT2D eigenvalue weighted by Crippen LogP contribution is 2.23. The zero-order valence-electron chi connectivity index (χ0n) is 8.70. The molecule has 1 atom stereocenters. The molecule has 1 aromatic heterocycles. The monoisotopic (exact) mass is 265 g/mol. The highest BCUT2D eigenvalue weighted by atomic mass is 32.1. The average Bonchev–Trinajstić information content (AvgIpc) is 2.83. The zero-order chi connectivity index (χ0) is 12.5. The molecule has 1 aliphatic heterocycles. The van der Waals surface area contributed by atoms with Crippen molar-refractivity contribution in [1.82, 2.24) is 10.3 Å². The summed E-state index contributed by atoms with van der Waals surface area (Å²) in [5.41, 5.74) is 0. The summed E-state index contributed by atoms with van der Waals surface area (Å²) >= 11 is 1.43. The van der Waals surface area contributed by atoms with E-state index in [1.54, 1.807) is 11.6 Å². The molecule has 1 saturated heterocycles. The smallest absolute Gasteiger partial charge is 0.346 e. The Labute approximate surface area is 99.4 Å². The molecule has 2 rings (SSSR count). The SMILES string of the molecule is O=C(NC1CCN(c2nccs2)C1)C(F)(F)F. The number of hydrogen-bond donors (Lipinski definition) is 1. The van der Waals surface area contributed by atoms with Crippen LogP contribution in [0, 0.1) is 0 Å². The van der Waals surface area contributed by atoms with Gasteiger partial charge in [0.05, 0.1) is 0 Å². The first-order valence-electron chi connectivity index (χ1n) is 4.99. The molecule has 4 nitrogen and oxygen atoms in total.